The fraction of sp³-hybridized carbons (Fsp3) is 0.429. The van der Waals surface area contributed by atoms with E-state index in [-0.39, 0.29) is 11.7 Å². The maximum Gasteiger partial charge on any atom is 0.238 e. The van der Waals surface area contributed by atoms with E-state index in [1.807, 2.05) is 32.0 Å². The van der Waals surface area contributed by atoms with Crippen LogP contribution in [0.2, 0.25) is 0 Å². The van der Waals surface area contributed by atoms with Crippen molar-refractivity contribution >= 4 is 17.4 Å². The van der Waals surface area contributed by atoms with Gasteiger partial charge in [-0.15, -0.1) is 0 Å². The molecule has 17 heavy (non-hydrogen) atoms. The van der Waals surface area contributed by atoms with Gasteiger partial charge in [-0.2, -0.15) is 0 Å². The first-order valence-corrected chi connectivity index (χ1v) is 5.85. The molecule has 90 valence electrons. The van der Waals surface area contributed by atoms with Gasteiger partial charge in [-0.05, 0) is 45.2 Å². The number of amides is 1. The van der Waals surface area contributed by atoms with Crippen LogP contribution >= 0.6 is 0 Å². The minimum Gasteiger partial charge on any atom is -0.325 e. The van der Waals surface area contributed by atoms with Gasteiger partial charge < -0.3 is 5.32 Å². The summed E-state index contributed by atoms with van der Waals surface area (Å²) in [5, 5.41) is 2.86. The minimum absolute atomic E-state index is 0.0280. The Balaban J connectivity index is 2.17. The van der Waals surface area contributed by atoms with Crippen molar-refractivity contribution in [2.45, 2.75) is 33.6 Å². The number of ketones is 1. The van der Waals surface area contributed by atoms with Gasteiger partial charge >= 0.3 is 0 Å². The number of nitrogens with one attached hydrogen (secondary N) is 1. The SMILES string of the molecule is CC(=O)C1(C(=O)Nc2ccc(C)cc2C)CC1. The molecule has 0 atom stereocenters. The van der Waals surface area contributed by atoms with Crippen molar-refractivity contribution in [1.82, 2.24) is 0 Å². The van der Waals surface area contributed by atoms with E-state index in [1.165, 1.54) is 6.92 Å². The second-order valence-electron chi connectivity index (χ2n) is 4.91. The molecule has 0 heterocycles. The zero-order chi connectivity index (χ0) is 12.6. The van der Waals surface area contributed by atoms with E-state index in [2.05, 4.69) is 5.32 Å². The van der Waals surface area contributed by atoms with Crippen LogP contribution in [-0.4, -0.2) is 11.7 Å². The average molecular weight is 231 g/mol. The summed E-state index contributed by atoms with van der Waals surface area (Å²) in [7, 11) is 0. The van der Waals surface area contributed by atoms with Gasteiger partial charge in [0.2, 0.25) is 5.91 Å². The molecular formula is C14H17NO2. The van der Waals surface area contributed by atoms with Gasteiger partial charge in [-0.1, -0.05) is 17.7 Å². The Morgan fingerprint density at radius 2 is 1.88 bits per heavy atom. The maximum atomic E-state index is 12.0. The second kappa shape index (κ2) is 3.99. The second-order valence-corrected chi connectivity index (χ2v) is 4.91. The molecule has 1 aromatic rings. The predicted molar refractivity (Wildman–Crippen MR) is 66.9 cm³/mol. The minimum atomic E-state index is -0.739. The van der Waals surface area contributed by atoms with E-state index in [1.54, 1.807) is 0 Å². The predicted octanol–water partition coefficient (Wildman–Crippen LogP) is 2.61. The third kappa shape index (κ3) is 2.09. The number of benzene rings is 1. The zero-order valence-electron chi connectivity index (χ0n) is 10.5. The van der Waals surface area contributed by atoms with Gasteiger partial charge in [0.25, 0.3) is 0 Å². The summed E-state index contributed by atoms with van der Waals surface area (Å²) in [6, 6.07) is 5.86. The molecule has 1 fully saturated rings. The number of rotatable bonds is 3. The number of hydrogen-bond acceptors (Lipinski definition) is 2. The molecule has 1 aliphatic rings. The Labute approximate surface area is 101 Å². The highest BCUT2D eigenvalue weighted by Gasteiger charge is 2.54. The lowest BCUT2D eigenvalue weighted by Crippen LogP contribution is -2.30. The number of carbonyl (C=O) groups is 2. The quantitative estimate of drug-likeness (QED) is 0.813. The fourth-order valence-electron chi connectivity index (χ4n) is 2.06. The van der Waals surface area contributed by atoms with Crippen LogP contribution < -0.4 is 5.32 Å². The normalized spacial score (nSPS) is 16.4. The molecule has 1 saturated carbocycles. The lowest BCUT2D eigenvalue weighted by Gasteiger charge is -2.14. The highest BCUT2D eigenvalue weighted by molar-refractivity contribution is 6.13. The number of Topliss-reactive ketones (excluding diaryl/α,β-unsaturated/α-hetero) is 1. The maximum absolute atomic E-state index is 12.0. The van der Waals surface area contributed by atoms with E-state index in [9.17, 15) is 9.59 Å². The lowest BCUT2D eigenvalue weighted by atomic mass is 10.0. The molecule has 0 bridgehead atoms. The van der Waals surface area contributed by atoms with E-state index >= 15 is 0 Å². The van der Waals surface area contributed by atoms with Crippen LogP contribution in [0, 0.1) is 19.3 Å². The Morgan fingerprint density at radius 3 is 2.35 bits per heavy atom. The smallest absolute Gasteiger partial charge is 0.238 e. The molecule has 3 nitrogen and oxygen atoms in total. The van der Waals surface area contributed by atoms with Crippen LogP contribution in [0.5, 0.6) is 0 Å². The van der Waals surface area contributed by atoms with Gasteiger partial charge in [0.1, 0.15) is 11.2 Å². The van der Waals surface area contributed by atoms with E-state index < -0.39 is 5.41 Å². The molecule has 0 saturated heterocycles. The van der Waals surface area contributed by atoms with Crippen molar-refractivity contribution < 1.29 is 9.59 Å². The van der Waals surface area contributed by atoms with Gasteiger partial charge in [0.15, 0.2) is 0 Å². The molecule has 0 radical (unpaired) electrons. The summed E-state index contributed by atoms with van der Waals surface area (Å²) in [5.41, 5.74) is 2.25. The van der Waals surface area contributed by atoms with Gasteiger partial charge in [-0.3, -0.25) is 9.59 Å². The molecule has 0 unspecified atom stereocenters. The first-order valence-electron chi connectivity index (χ1n) is 5.85. The van der Waals surface area contributed by atoms with Crippen molar-refractivity contribution in [3.05, 3.63) is 29.3 Å². The lowest BCUT2D eigenvalue weighted by molar-refractivity contribution is -0.131. The number of hydrogen-bond donors (Lipinski definition) is 1. The summed E-state index contributed by atoms with van der Waals surface area (Å²) in [4.78, 5) is 23.5. The molecule has 0 spiro atoms. The highest BCUT2D eigenvalue weighted by atomic mass is 16.2. The highest BCUT2D eigenvalue weighted by Crippen LogP contribution is 2.47. The largest absolute Gasteiger partial charge is 0.325 e. The molecule has 1 N–H and O–H groups in total. The van der Waals surface area contributed by atoms with Crippen LogP contribution in [0.25, 0.3) is 0 Å². The van der Waals surface area contributed by atoms with Crippen molar-refractivity contribution in [2.75, 3.05) is 5.32 Å². The molecule has 1 aromatic carbocycles. The monoisotopic (exact) mass is 231 g/mol. The Morgan fingerprint density at radius 1 is 1.24 bits per heavy atom. The number of aryl methyl sites for hydroxylation is 2. The topological polar surface area (TPSA) is 46.2 Å². The third-order valence-corrected chi connectivity index (χ3v) is 3.49. The summed E-state index contributed by atoms with van der Waals surface area (Å²) >= 11 is 0. The fourth-order valence-corrected chi connectivity index (χ4v) is 2.06. The van der Waals surface area contributed by atoms with E-state index in [4.69, 9.17) is 0 Å². The number of anilines is 1. The van der Waals surface area contributed by atoms with Crippen molar-refractivity contribution in [2.24, 2.45) is 5.41 Å². The molecule has 2 rings (SSSR count). The first-order chi connectivity index (χ1) is 7.95. The van der Waals surface area contributed by atoms with Crippen LogP contribution in [0.1, 0.15) is 30.9 Å². The van der Waals surface area contributed by atoms with Crippen molar-refractivity contribution in [3.8, 4) is 0 Å². The molecule has 0 aliphatic heterocycles. The Hall–Kier alpha value is -1.64. The summed E-state index contributed by atoms with van der Waals surface area (Å²) < 4.78 is 0. The summed E-state index contributed by atoms with van der Waals surface area (Å²) in [5.74, 6) is -0.184. The van der Waals surface area contributed by atoms with Crippen molar-refractivity contribution in [1.29, 1.82) is 0 Å². The first kappa shape index (κ1) is 11.8. The van der Waals surface area contributed by atoms with Gasteiger partial charge in [0.05, 0.1) is 0 Å². The summed E-state index contributed by atoms with van der Waals surface area (Å²) in [6.07, 6.45) is 1.36. The van der Waals surface area contributed by atoms with Crippen LogP contribution in [0.15, 0.2) is 18.2 Å². The van der Waals surface area contributed by atoms with E-state index in [0.717, 1.165) is 16.8 Å². The van der Waals surface area contributed by atoms with Crippen LogP contribution in [-0.2, 0) is 9.59 Å². The number of carbonyl (C=O) groups excluding carboxylic acids is 2. The molecule has 0 aromatic heterocycles. The molecule has 1 amide bonds. The Kier molecular flexibility index (Phi) is 2.77. The van der Waals surface area contributed by atoms with Crippen molar-refractivity contribution in [3.63, 3.8) is 0 Å². The van der Waals surface area contributed by atoms with Gasteiger partial charge in [-0.25, -0.2) is 0 Å². The molecule has 3 heteroatoms. The molecule has 1 aliphatic carbocycles. The van der Waals surface area contributed by atoms with Crippen LogP contribution in [0.3, 0.4) is 0 Å². The third-order valence-electron chi connectivity index (χ3n) is 3.49. The average Bonchev–Trinajstić information content (AvgIpc) is 3.02. The summed E-state index contributed by atoms with van der Waals surface area (Å²) in [6.45, 7) is 5.46. The van der Waals surface area contributed by atoms with Crippen LogP contribution in [0.4, 0.5) is 5.69 Å². The Bertz CT molecular complexity index is 487. The molecular weight excluding hydrogens is 214 g/mol. The standard InChI is InChI=1S/C14H17NO2/c1-9-4-5-12(10(2)8-9)15-13(17)14(6-7-14)11(3)16/h4-5,8H,6-7H2,1-3H3,(H,15,17). The zero-order valence-corrected chi connectivity index (χ0v) is 10.5. The van der Waals surface area contributed by atoms with Gasteiger partial charge in [0, 0.05) is 5.69 Å². The van der Waals surface area contributed by atoms with E-state index in [0.29, 0.717) is 12.8 Å².